The number of carbonyl (C=O) groups excluding carboxylic acids is 1. The predicted octanol–water partition coefficient (Wildman–Crippen LogP) is 3.89. The molecule has 0 aliphatic carbocycles. The number of carbonyl (C=O) groups is 1. The van der Waals surface area contributed by atoms with Crippen molar-refractivity contribution in [1.29, 1.82) is 0 Å². The summed E-state index contributed by atoms with van der Waals surface area (Å²) in [4.78, 5) is 14.3. The molecule has 5 heteroatoms. The third-order valence-corrected chi connectivity index (χ3v) is 4.37. The van der Waals surface area contributed by atoms with Crippen molar-refractivity contribution in [3.05, 3.63) is 39.6 Å². The van der Waals surface area contributed by atoms with Crippen LogP contribution in [-0.2, 0) is 6.42 Å². The molecular formula is C16H19NO3S. The van der Waals surface area contributed by atoms with Crippen LogP contribution < -0.4 is 14.8 Å². The Kier molecular flexibility index (Phi) is 4.85. The normalized spacial score (nSPS) is 10.3. The Morgan fingerprint density at radius 2 is 2.00 bits per heavy atom. The zero-order chi connectivity index (χ0) is 15.4. The minimum absolute atomic E-state index is 0.130. The van der Waals surface area contributed by atoms with Crippen molar-refractivity contribution in [3.63, 3.8) is 0 Å². The van der Waals surface area contributed by atoms with E-state index < -0.39 is 0 Å². The highest BCUT2D eigenvalue weighted by atomic mass is 32.1. The minimum atomic E-state index is -0.130. The fourth-order valence-electron chi connectivity index (χ4n) is 2.08. The monoisotopic (exact) mass is 305 g/mol. The summed E-state index contributed by atoms with van der Waals surface area (Å²) in [7, 11) is 3.16. The topological polar surface area (TPSA) is 47.6 Å². The third-order valence-electron chi connectivity index (χ3n) is 3.28. The first kappa shape index (κ1) is 15.4. The van der Waals surface area contributed by atoms with Gasteiger partial charge in [0.15, 0.2) is 0 Å². The third kappa shape index (κ3) is 3.36. The van der Waals surface area contributed by atoms with Gasteiger partial charge in [-0.05, 0) is 37.1 Å². The molecule has 4 nitrogen and oxygen atoms in total. The van der Waals surface area contributed by atoms with Gasteiger partial charge in [0.05, 0.1) is 24.8 Å². The molecule has 2 rings (SSSR count). The van der Waals surface area contributed by atoms with Gasteiger partial charge in [0.1, 0.15) is 11.5 Å². The maximum atomic E-state index is 12.4. The van der Waals surface area contributed by atoms with Crippen LogP contribution in [0, 0.1) is 6.92 Å². The Hall–Kier alpha value is -2.01. The van der Waals surface area contributed by atoms with Crippen molar-refractivity contribution in [2.24, 2.45) is 0 Å². The Balaban J connectivity index is 2.25. The highest BCUT2D eigenvalue weighted by Gasteiger charge is 2.14. The van der Waals surface area contributed by atoms with Gasteiger partial charge < -0.3 is 14.8 Å². The van der Waals surface area contributed by atoms with E-state index in [4.69, 9.17) is 9.47 Å². The van der Waals surface area contributed by atoms with Gasteiger partial charge in [0, 0.05) is 10.9 Å². The van der Waals surface area contributed by atoms with Crippen LogP contribution in [0.3, 0.4) is 0 Å². The first-order chi connectivity index (χ1) is 10.1. The summed E-state index contributed by atoms with van der Waals surface area (Å²) >= 11 is 1.51. The van der Waals surface area contributed by atoms with E-state index in [1.807, 2.05) is 13.0 Å². The van der Waals surface area contributed by atoms with Crippen LogP contribution in [-0.4, -0.2) is 20.1 Å². The van der Waals surface area contributed by atoms with Crippen molar-refractivity contribution < 1.29 is 14.3 Å². The van der Waals surface area contributed by atoms with E-state index in [9.17, 15) is 4.79 Å². The Morgan fingerprint density at radius 1 is 1.24 bits per heavy atom. The van der Waals surface area contributed by atoms with Crippen molar-refractivity contribution in [2.75, 3.05) is 19.5 Å². The summed E-state index contributed by atoms with van der Waals surface area (Å²) in [5, 5.41) is 2.88. The number of thiophene rings is 1. The van der Waals surface area contributed by atoms with E-state index in [2.05, 4.69) is 12.2 Å². The van der Waals surface area contributed by atoms with E-state index in [1.54, 1.807) is 32.4 Å². The standard InChI is InChI=1S/C16H19NO3S/c1-5-11-8-15(21-10(11)2)16(18)17-13-9-12(19-3)6-7-14(13)20-4/h6-9H,5H2,1-4H3,(H,17,18). The first-order valence-electron chi connectivity index (χ1n) is 6.71. The molecule has 0 aliphatic rings. The summed E-state index contributed by atoms with van der Waals surface area (Å²) in [6.07, 6.45) is 0.929. The van der Waals surface area contributed by atoms with E-state index in [-0.39, 0.29) is 5.91 Å². The molecule has 0 saturated heterocycles. The van der Waals surface area contributed by atoms with Crippen LogP contribution in [0.5, 0.6) is 11.5 Å². The molecule has 2 aromatic rings. The highest BCUT2D eigenvalue weighted by Crippen LogP contribution is 2.30. The van der Waals surface area contributed by atoms with Crippen LogP contribution in [0.1, 0.15) is 27.0 Å². The first-order valence-corrected chi connectivity index (χ1v) is 7.53. The molecular weight excluding hydrogens is 286 g/mol. The van der Waals surface area contributed by atoms with Crippen molar-refractivity contribution in [1.82, 2.24) is 0 Å². The lowest BCUT2D eigenvalue weighted by Crippen LogP contribution is -2.11. The average molecular weight is 305 g/mol. The lowest BCUT2D eigenvalue weighted by molar-refractivity contribution is 0.103. The maximum Gasteiger partial charge on any atom is 0.265 e. The number of amides is 1. The van der Waals surface area contributed by atoms with Gasteiger partial charge in [0.25, 0.3) is 5.91 Å². The van der Waals surface area contributed by atoms with Crippen LogP contribution in [0.2, 0.25) is 0 Å². The minimum Gasteiger partial charge on any atom is -0.497 e. The average Bonchev–Trinajstić information content (AvgIpc) is 2.88. The molecule has 0 unspecified atom stereocenters. The van der Waals surface area contributed by atoms with Gasteiger partial charge in [-0.3, -0.25) is 4.79 Å². The van der Waals surface area contributed by atoms with Gasteiger partial charge in [-0.15, -0.1) is 11.3 Å². The number of anilines is 1. The molecule has 0 saturated carbocycles. The van der Waals surface area contributed by atoms with Crippen LogP contribution >= 0.6 is 11.3 Å². The number of hydrogen-bond donors (Lipinski definition) is 1. The fraction of sp³-hybridized carbons (Fsp3) is 0.312. The molecule has 1 heterocycles. The summed E-state index contributed by atoms with van der Waals surface area (Å²) < 4.78 is 10.4. The largest absolute Gasteiger partial charge is 0.497 e. The lowest BCUT2D eigenvalue weighted by atomic mass is 10.2. The smallest absolute Gasteiger partial charge is 0.265 e. The fourth-order valence-corrected chi connectivity index (χ4v) is 3.09. The molecule has 112 valence electrons. The zero-order valence-corrected chi connectivity index (χ0v) is 13.5. The summed E-state index contributed by atoms with van der Waals surface area (Å²) in [6, 6.07) is 7.25. The Bertz CT molecular complexity index is 649. The molecule has 21 heavy (non-hydrogen) atoms. The van der Waals surface area contributed by atoms with Gasteiger partial charge in [-0.25, -0.2) is 0 Å². The second-order valence-electron chi connectivity index (χ2n) is 4.57. The maximum absolute atomic E-state index is 12.4. The van der Waals surface area contributed by atoms with Gasteiger partial charge in [0.2, 0.25) is 0 Å². The van der Waals surface area contributed by atoms with E-state index in [1.165, 1.54) is 21.8 Å². The number of aryl methyl sites for hydroxylation is 2. The van der Waals surface area contributed by atoms with Crippen molar-refractivity contribution in [2.45, 2.75) is 20.3 Å². The molecule has 0 radical (unpaired) electrons. The summed E-state index contributed by atoms with van der Waals surface area (Å²) in [5.74, 6) is 1.14. The molecule has 1 amide bonds. The molecule has 1 aromatic heterocycles. The Morgan fingerprint density at radius 3 is 2.57 bits per heavy atom. The zero-order valence-electron chi connectivity index (χ0n) is 12.6. The molecule has 1 aromatic carbocycles. The van der Waals surface area contributed by atoms with Gasteiger partial charge >= 0.3 is 0 Å². The molecule has 1 N–H and O–H groups in total. The SMILES string of the molecule is CCc1cc(C(=O)Nc2cc(OC)ccc2OC)sc1C. The predicted molar refractivity (Wildman–Crippen MR) is 85.9 cm³/mol. The second-order valence-corrected chi connectivity index (χ2v) is 5.82. The summed E-state index contributed by atoms with van der Waals surface area (Å²) in [5.41, 5.74) is 1.81. The molecule has 0 bridgehead atoms. The number of benzene rings is 1. The number of ether oxygens (including phenoxy) is 2. The van der Waals surface area contributed by atoms with Crippen molar-refractivity contribution in [3.8, 4) is 11.5 Å². The van der Waals surface area contributed by atoms with E-state index in [0.717, 1.165) is 6.42 Å². The summed E-state index contributed by atoms with van der Waals surface area (Å²) in [6.45, 7) is 4.12. The molecule has 0 atom stereocenters. The van der Waals surface area contributed by atoms with E-state index >= 15 is 0 Å². The quantitative estimate of drug-likeness (QED) is 0.911. The van der Waals surface area contributed by atoms with Crippen LogP contribution in [0.25, 0.3) is 0 Å². The molecule has 0 fully saturated rings. The van der Waals surface area contributed by atoms with Crippen LogP contribution in [0.15, 0.2) is 24.3 Å². The van der Waals surface area contributed by atoms with Gasteiger partial charge in [-0.2, -0.15) is 0 Å². The van der Waals surface area contributed by atoms with Crippen LogP contribution in [0.4, 0.5) is 5.69 Å². The number of hydrogen-bond acceptors (Lipinski definition) is 4. The highest BCUT2D eigenvalue weighted by molar-refractivity contribution is 7.14. The molecule has 0 spiro atoms. The Labute approximate surface area is 128 Å². The van der Waals surface area contributed by atoms with E-state index in [0.29, 0.717) is 22.1 Å². The number of rotatable bonds is 5. The molecule has 0 aliphatic heterocycles. The number of methoxy groups -OCH3 is 2. The lowest BCUT2D eigenvalue weighted by Gasteiger charge is -2.11. The second kappa shape index (κ2) is 6.63. The van der Waals surface area contributed by atoms with Crippen molar-refractivity contribution >= 4 is 22.9 Å². The van der Waals surface area contributed by atoms with Gasteiger partial charge in [-0.1, -0.05) is 6.92 Å². The number of nitrogens with one attached hydrogen (secondary N) is 1.